The van der Waals surface area contributed by atoms with Crippen LogP contribution in [0.5, 0.6) is 0 Å². The molecule has 1 aromatic carbocycles. The first-order valence-electron chi connectivity index (χ1n) is 3.95. The van der Waals surface area contributed by atoms with Crippen molar-refractivity contribution < 1.29 is 14.3 Å². The zero-order chi connectivity index (χ0) is 10.7. The molecule has 0 fully saturated rings. The molecule has 0 saturated heterocycles. The Bertz CT molecular complexity index is 357. The maximum Gasteiger partial charge on any atom is 0.325 e. The number of nitrogens with one attached hydrogen (secondary N) is 1. The van der Waals surface area contributed by atoms with Crippen LogP contribution in [0.2, 0.25) is 5.02 Å². The van der Waals surface area contributed by atoms with E-state index in [1.165, 1.54) is 25.1 Å². The van der Waals surface area contributed by atoms with Crippen molar-refractivity contribution in [1.29, 1.82) is 0 Å². The van der Waals surface area contributed by atoms with Crippen molar-refractivity contribution in [2.45, 2.75) is 13.0 Å². The third kappa shape index (κ3) is 2.60. The predicted molar refractivity (Wildman–Crippen MR) is 52.1 cm³/mol. The van der Waals surface area contributed by atoms with E-state index in [2.05, 4.69) is 5.32 Å². The van der Waals surface area contributed by atoms with Gasteiger partial charge >= 0.3 is 5.97 Å². The van der Waals surface area contributed by atoms with Crippen LogP contribution >= 0.6 is 11.6 Å². The first-order chi connectivity index (χ1) is 6.50. The highest BCUT2D eigenvalue weighted by atomic mass is 35.5. The van der Waals surface area contributed by atoms with Crippen molar-refractivity contribution >= 4 is 23.3 Å². The molecule has 0 radical (unpaired) electrons. The SMILES string of the molecule is CC(Nc1cc(Cl)ccc1F)C(=O)O. The average molecular weight is 218 g/mol. The molecule has 2 N–H and O–H groups in total. The summed E-state index contributed by atoms with van der Waals surface area (Å²) >= 11 is 5.63. The van der Waals surface area contributed by atoms with Crippen molar-refractivity contribution in [2.75, 3.05) is 5.32 Å². The average Bonchev–Trinajstić information content (AvgIpc) is 2.11. The van der Waals surface area contributed by atoms with Gasteiger partial charge in [0.1, 0.15) is 11.9 Å². The smallest absolute Gasteiger partial charge is 0.325 e. The number of benzene rings is 1. The Balaban J connectivity index is 2.85. The molecule has 1 unspecified atom stereocenters. The van der Waals surface area contributed by atoms with Gasteiger partial charge in [0.05, 0.1) is 5.69 Å². The fraction of sp³-hybridized carbons (Fsp3) is 0.222. The quantitative estimate of drug-likeness (QED) is 0.817. The van der Waals surface area contributed by atoms with Crippen LogP contribution in [0.3, 0.4) is 0 Å². The van der Waals surface area contributed by atoms with E-state index in [1.54, 1.807) is 0 Å². The number of hydrogen-bond donors (Lipinski definition) is 2. The summed E-state index contributed by atoms with van der Waals surface area (Å²) in [7, 11) is 0. The summed E-state index contributed by atoms with van der Waals surface area (Å²) in [6.45, 7) is 1.42. The lowest BCUT2D eigenvalue weighted by Crippen LogP contribution is -2.25. The van der Waals surface area contributed by atoms with E-state index in [4.69, 9.17) is 16.7 Å². The topological polar surface area (TPSA) is 49.3 Å². The molecule has 1 rings (SSSR count). The minimum atomic E-state index is -1.05. The van der Waals surface area contributed by atoms with Crippen LogP contribution in [-0.2, 0) is 4.79 Å². The molecule has 0 aliphatic carbocycles. The summed E-state index contributed by atoms with van der Waals surface area (Å²) in [6.07, 6.45) is 0. The summed E-state index contributed by atoms with van der Waals surface area (Å²) in [6, 6.07) is 3.06. The van der Waals surface area contributed by atoms with Gasteiger partial charge in [-0.1, -0.05) is 11.6 Å². The second-order valence-corrected chi connectivity index (χ2v) is 3.26. The van der Waals surface area contributed by atoms with Gasteiger partial charge in [-0.15, -0.1) is 0 Å². The van der Waals surface area contributed by atoms with E-state index in [0.717, 1.165) is 0 Å². The fourth-order valence-corrected chi connectivity index (χ4v) is 1.08. The Morgan fingerprint density at radius 2 is 2.29 bits per heavy atom. The Hall–Kier alpha value is -1.29. The van der Waals surface area contributed by atoms with E-state index in [0.29, 0.717) is 5.02 Å². The minimum absolute atomic E-state index is 0.0902. The number of carbonyl (C=O) groups is 1. The molecule has 0 aliphatic heterocycles. The second kappa shape index (κ2) is 4.28. The van der Waals surface area contributed by atoms with Crippen LogP contribution in [0.25, 0.3) is 0 Å². The van der Waals surface area contributed by atoms with E-state index >= 15 is 0 Å². The molecule has 0 saturated carbocycles. The van der Waals surface area contributed by atoms with Crippen molar-refractivity contribution in [3.8, 4) is 0 Å². The molecule has 0 heterocycles. The number of anilines is 1. The van der Waals surface area contributed by atoms with Gasteiger partial charge in [-0.05, 0) is 25.1 Å². The summed E-state index contributed by atoms with van der Waals surface area (Å²) in [5.74, 6) is -1.58. The number of halogens is 2. The number of aliphatic carboxylic acids is 1. The van der Waals surface area contributed by atoms with Crippen molar-refractivity contribution in [3.05, 3.63) is 29.0 Å². The van der Waals surface area contributed by atoms with Gasteiger partial charge in [-0.2, -0.15) is 0 Å². The van der Waals surface area contributed by atoms with Gasteiger partial charge in [-0.3, -0.25) is 4.79 Å². The number of rotatable bonds is 3. The molecule has 0 bridgehead atoms. The summed E-state index contributed by atoms with van der Waals surface area (Å²) in [4.78, 5) is 10.5. The van der Waals surface area contributed by atoms with Gasteiger partial charge in [-0.25, -0.2) is 4.39 Å². The van der Waals surface area contributed by atoms with E-state index < -0.39 is 17.8 Å². The molecular formula is C9H9ClFNO2. The van der Waals surface area contributed by atoms with E-state index in [1.807, 2.05) is 0 Å². The van der Waals surface area contributed by atoms with Crippen molar-refractivity contribution in [1.82, 2.24) is 0 Å². The Labute approximate surface area is 85.5 Å². The molecule has 3 nitrogen and oxygen atoms in total. The van der Waals surface area contributed by atoms with Gasteiger partial charge in [0, 0.05) is 5.02 Å². The zero-order valence-electron chi connectivity index (χ0n) is 7.42. The molecule has 0 aliphatic rings. The maximum atomic E-state index is 13.1. The lowest BCUT2D eigenvalue weighted by Gasteiger charge is -2.11. The Morgan fingerprint density at radius 1 is 1.64 bits per heavy atom. The van der Waals surface area contributed by atoms with Crippen LogP contribution in [0.1, 0.15) is 6.92 Å². The molecular weight excluding hydrogens is 209 g/mol. The molecule has 0 aromatic heterocycles. The number of hydrogen-bond acceptors (Lipinski definition) is 2. The molecule has 14 heavy (non-hydrogen) atoms. The summed E-state index contributed by atoms with van der Waals surface area (Å²) in [5.41, 5.74) is 0.0902. The lowest BCUT2D eigenvalue weighted by molar-refractivity contribution is -0.137. The fourth-order valence-electron chi connectivity index (χ4n) is 0.903. The Morgan fingerprint density at radius 3 is 2.86 bits per heavy atom. The van der Waals surface area contributed by atoms with Gasteiger partial charge < -0.3 is 10.4 Å². The molecule has 0 spiro atoms. The first-order valence-corrected chi connectivity index (χ1v) is 4.33. The van der Waals surface area contributed by atoms with Gasteiger partial charge in [0.2, 0.25) is 0 Å². The van der Waals surface area contributed by atoms with Crippen LogP contribution < -0.4 is 5.32 Å². The van der Waals surface area contributed by atoms with E-state index in [9.17, 15) is 9.18 Å². The van der Waals surface area contributed by atoms with Crippen LogP contribution in [-0.4, -0.2) is 17.1 Å². The first kappa shape index (κ1) is 10.8. The highest BCUT2D eigenvalue weighted by Crippen LogP contribution is 2.20. The normalized spacial score (nSPS) is 12.2. The Kier molecular flexibility index (Phi) is 3.30. The van der Waals surface area contributed by atoms with E-state index in [-0.39, 0.29) is 5.69 Å². The van der Waals surface area contributed by atoms with Gasteiger partial charge in [0.25, 0.3) is 0 Å². The minimum Gasteiger partial charge on any atom is -0.480 e. The van der Waals surface area contributed by atoms with Gasteiger partial charge in [0.15, 0.2) is 0 Å². The second-order valence-electron chi connectivity index (χ2n) is 2.83. The zero-order valence-corrected chi connectivity index (χ0v) is 8.18. The van der Waals surface area contributed by atoms with Crippen LogP contribution in [0.4, 0.5) is 10.1 Å². The standard InChI is InChI=1S/C9H9ClFNO2/c1-5(9(13)14)12-8-4-6(10)2-3-7(8)11/h2-5,12H,1H3,(H,13,14). The largest absolute Gasteiger partial charge is 0.480 e. The third-order valence-corrected chi connectivity index (χ3v) is 1.91. The summed E-state index contributed by atoms with van der Waals surface area (Å²) in [5, 5.41) is 11.4. The lowest BCUT2D eigenvalue weighted by atomic mass is 10.2. The number of carboxylic acid groups (broad SMARTS) is 1. The highest BCUT2D eigenvalue weighted by molar-refractivity contribution is 6.30. The molecule has 5 heteroatoms. The maximum absolute atomic E-state index is 13.1. The summed E-state index contributed by atoms with van der Waals surface area (Å²) < 4.78 is 13.1. The van der Waals surface area contributed by atoms with Crippen LogP contribution in [0.15, 0.2) is 18.2 Å². The number of carboxylic acids is 1. The predicted octanol–water partition coefficient (Wildman–Crippen LogP) is 2.36. The molecule has 76 valence electrons. The monoisotopic (exact) mass is 217 g/mol. The molecule has 1 aromatic rings. The van der Waals surface area contributed by atoms with Crippen LogP contribution in [0, 0.1) is 5.82 Å². The van der Waals surface area contributed by atoms with Crippen molar-refractivity contribution in [3.63, 3.8) is 0 Å². The van der Waals surface area contributed by atoms with Crippen molar-refractivity contribution in [2.24, 2.45) is 0 Å². The molecule has 0 amide bonds. The highest BCUT2D eigenvalue weighted by Gasteiger charge is 2.12. The third-order valence-electron chi connectivity index (χ3n) is 1.67. The molecule has 1 atom stereocenters.